The Morgan fingerprint density at radius 3 is 2.29 bits per heavy atom. The maximum absolute atomic E-state index is 12.2. The van der Waals surface area contributed by atoms with Gasteiger partial charge in [0.2, 0.25) is 0 Å². The summed E-state index contributed by atoms with van der Waals surface area (Å²) in [6.45, 7) is 3.00. The fourth-order valence-corrected chi connectivity index (χ4v) is 2.37. The molecule has 0 saturated carbocycles. The third kappa shape index (κ3) is 6.12. The number of nitrogens with one attached hydrogen (secondary N) is 1. The van der Waals surface area contributed by atoms with Crippen molar-refractivity contribution in [2.45, 2.75) is 26.4 Å². The highest BCUT2D eigenvalue weighted by Crippen LogP contribution is 2.18. The zero-order valence-electron chi connectivity index (χ0n) is 16.1. The minimum absolute atomic E-state index is 0.00627. The number of carbonyl (C=O) groups is 3. The summed E-state index contributed by atoms with van der Waals surface area (Å²) in [4.78, 5) is 35.8. The van der Waals surface area contributed by atoms with Crippen LogP contribution in [0, 0.1) is 0 Å². The number of benzene rings is 2. The summed E-state index contributed by atoms with van der Waals surface area (Å²) >= 11 is 0. The van der Waals surface area contributed by atoms with E-state index in [1.54, 1.807) is 55.6 Å². The third-order valence-electron chi connectivity index (χ3n) is 3.88. The monoisotopic (exact) mass is 385 g/mol. The lowest BCUT2D eigenvalue weighted by Gasteiger charge is -2.15. The largest absolute Gasteiger partial charge is 0.497 e. The molecule has 2 rings (SSSR count). The molecule has 148 valence electrons. The van der Waals surface area contributed by atoms with E-state index >= 15 is 0 Å². The number of amides is 1. The van der Waals surface area contributed by atoms with Crippen LogP contribution in [0.3, 0.4) is 0 Å². The average Bonchev–Trinajstić information content (AvgIpc) is 2.68. The van der Waals surface area contributed by atoms with Crippen molar-refractivity contribution in [3.8, 4) is 11.5 Å². The Morgan fingerprint density at radius 2 is 1.64 bits per heavy atom. The molecule has 0 radical (unpaired) electrons. The SMILES string of the molecule is COc1ccc(OCCC(=O)OC(C)C(=O)Nc2ccccc2C(C)=O)cc1. The van der Waals surface area contributed by atoms with E-state index in [4.69, 9.17) is 14.2 Å². The molecule has 1 atom stereocenters. The number of Topliss-reactive ketones (excluding diaryl/α,β-unsaturated/α-hetero) is 1. The maximum atomic E-state index is 12.2. The van der Waals surface area contributed by atoms with Gasteiger partial charge in [-0.15, -0.1) is 0 Å². The van der Waals surface area contributed by atoms with Crippen LogP contribution in [0.25, 0.3) is 0 Å². The first kappa shape index (κ1) is 21.0. The van der Waals surface area contributed by atoms with Crippen LogP contribution in [0.4, 0.5) is 5.69 Å². The fraction of sp³-hybridized carbons (Fsp3) is 0.286. The summed E-state index contributed by atoms with van der Waals surface area (Å²) < 4.78 is 15.6. The topological polar surface area (TPSA) is 90.9 Å². The second-order valence-corrected chi connectivity index (χ2v) is 6.00. The first-order chi connectivity index (χ1) is 13.4. The molecule has 1 N–H and O–H groups in total. The van der Waals surface area contributed by atoms with Crippen molar-refractivity contribution in [3.63, 3.8) is 0 Å². The Labute approximate surface area is 163 Å². The lowest BCUT2D eigenvalue weighted by molar-refractivity contribution is -0.153. The van der Waals surface area contributed by atoms with Crippen LogP contribution in [0.1, 0.15) is 30.6 Å². The van der Waals surface area contributed by atoms with Crippen molar-refractivity contribution < 1.29 is 28.6 Å². The highest BCUT2D eigenvalue weighted by molar-refractivity contribution is 6.04. The van der Waals surface area contributed by atoms with E-state index in [2.05, 4.69) is 5.32 Å². The van der Waals surface area contributed by atoms with Crippen LogP contribution in [0.15, 0.2) is 48.5 Å². The number of esters is 1. The second kappa shape index (κ2) is 10.1. The molecule has 0 saturated heterocycles. The number of hydrogen-bond donors (Lipinski definition) is 1. The number of anilines is 1. The van der Waals surface area contributed by atoms with Crippen LogP contribution >= 0.6 is 0 Å². The number of rotatable bonds is 9. The Morgan fingerprint density at radius 1 is 1.00 bits per heavy atom. The number of hydrogen-bond acceptors (Lipinski definition) is 6. The van der Waals surface area contributed by atoms with Crippen molar-refractivity contribution in [3.05, 3.63) is 54.1 Å². The molecule has 28 heavy (non-hydrogen) atoms. The molecule has 1 amide bonds. The summed E-state index contributed by atoms with van der Waals surface area (Å²) in [5.41, 5.74) is 0.771. The van der Waals surface area contributed by atoms with Crippen LogP contribution in [0.2, 0.25) is 0 Å². The van der Waals surface area contributed by atoms with Crippen LogP contribution in [-0.2, 0) is 14.3 Å². The molecule has 0 aromatic heterocycles. The Bertz CT molecular complexity index is 831. The van der Waals surface area contributed by atoms with Crippen LogP contribution < -0.4 is 14.8 Å². The predicted octanol–water partition coefficient (Wildman–Crippen LogP) is 3.24. The van der Waals surface area contributed by atoms with Crippen molar-refractivity contribution in [1.82, 2.24) is 0 Å². The predicted molar refractivity (Wildman–Crippen MR) is 104 cm³/mol. The molecule has 0 bridgehead atoms. The van der Waals surface area contributed by atoms with Gasteiger partial charge >= 0.3 is 5.97 Å². The molecular formula is C21H23NO6. The zero-order chi connectivity index (χ0) is 20.5. The molecule has 0 heterocycles. The number of carbonyl (C=O) groups excluding carboxylic acids is 3. The van der Waals surface area contributed by atoms with Gasteiger partial charge in [-0.2, -0.15) is 0 Å². The molecule has 7 heteroatoms. The Hall–Kier alpha value is -3.35. The molecule has 0 spiro atoms. The van der Waals surface area contributed by atoms with Crippen molar-refractivity contribution in [1.29, 1.82) is 0 Å². The number of methoxy groups -OCH3 is 1. The fourth-order valence-electron chi connectivity index (χ4n) is 2.37. The van der Waals surface area contributed by atoms with Crippen LogP contribution in [-0.4, -0.2) is 37.5 Å². The molecule has 0 aliphatic carbocycles. The van der Waals surface area contributed by atoms with Gasteiger partial charge in [-0.05, 0) is 50.2 Å². The summed E-state index contributed by atoms with van der Waals surface area (Å²) in [6, 6.07) is 13.6. The van der Waals surface area contributed by atoms with Gasteiger partial charge in [0.1, 0.15) is 11.5 Å². The number of para-hydroxylation sites is 1. The van der Waals surface area contributed by atoms with Gasteiger partial charge in [-0.25, -0.2) is 0 Å². The Kier molecular flexibility index (Phi) is 7.56. The molecule has 7 nitrogen and oxygen atoms in total. The van der Waals surface area contributed by atoms with E-state index in [0.29, 0.717) is 22.7 Å². The normalized spacial score (nSPS) is 11.2. The second-order valence-electron chi connectivity index (χ2n) is 6.00. The van der Waals surface area contributed by atoms with E-state index in [1.807, 2.05) is 0 Å². The third-order valence-corrected chi connectivity index (χ3v) is 3.88. The molecular weight excluding hydrogens is 362 g/mol. The molecule has 0 fully saturated rings. The molecule has 0 aliphatic heterocycles. The van der Waals surface area contributed by atoms with E-state index in [9.17, 15) is 14.4 Å². The highest BCUT2D eigenvalue weighted by Gasteiger charge is 2.19. The van der Waals surface area contributed by atoms with E-state index in [1.165, 1.54) is 13.8 Å². The molecule has 0 aliphatic rings. The van der Waals surface area contributed by atoms with Gasteiger partial charge in [-0.3, -0.25) is 14.4 Å². The quantitative estimate of drug-likeness (QED) is 0.526. The van der Waals surface area contributed by atoms with Crippen molar-refractivity contribution in [2.24, 2.45) is 0 Å². The summed E-state index contributed by atoms with van der Waals surface area (Å²) in [5, 5.41) is 2.61. The van der Waals surface area contributed by atoms with Gasteiger partial charge in [0.15, 0.2) is 11.9 Å². The standard InChI is InChI=1S/C21H23NO6/c1-14(23)18-6-4-5-7-19(18)22-21(25)15(2)28-20(24)12-13-27-17-10-8-16(26-3)9-11-17/h4-11,15H,12-13H2,1-3H3,(H,22,25). The summed E-state index contributed by atoms with van der Waals surface area (Å²) in [5.74, 6) is 0.0588. The maximum Gasteiger partial charge on any atom is 0.310 e. The van der Waals surface area contributed by atoms with E-state index < -0.39 is 18.0 Å². The summed E-state index contributed by atoms with van der Waals surface area (Å²) in [7, 11) is 1.57. The van der Waals surface area contributed by atoms with Crippen molar-refractivity contribution in [2.75, 3.05) is 19.0 Å². The van der Waals surface area contributed by atoms with Gasteiger partial charge in [-0.1, -0.05) is 12.1 Å². The van der Waals surface area contributed by atoms with Gasteiger partial charge in [0, 0.05) is 5.56 Å². The van der Waals surface area contributed by atoms with Gasteiger partial charge in [0.25, 0.3) is 5.91 Å². The van der Waals surface area contributed by atoms with E-state index in [0.717, 1.165) is 0 Å². The first-order valence-corrected chi connectivity index (χ1v) is 8.78. The lowest BCUT2D eigenvalue weighted by atomic mass is 10.1. The van der Waals surface area contributed by atoms with E-state index in [-0.39, 0.29) is 18.8 Å². The first-order valence-electron chi connectivity index (χ1n) is 8.78. The minimum atomic E-state index is -1.01. The zero-order valence-corrected chi connectivity index (χ0v) is 16.1. The summed E-state index contributed by atoms with van der Waals surface area (Å²) in [6.07, 6.45) is -1.01. The molecule has 1 unspecified atom stereocenters. The van der Waals surface area contributed by atoms with Crippen LogP contribution in [0.5, 0.6) is 11.5 Å². The van der Waals surface area contributed by atoms with Crippen molar-refractivity contribution >= 4 is 23.3 Å². The number of ketones is 1. The smallest absolute Gasteiger partial charge is 0.310 e. The molecule has 2 aromatic rings. The van der Waals surface area contributed by atoms with Gasteiger partial charge in [0.05, 0.1) is 25.8 Å². The molecule has 2 aromatic carbocycles. The minimum Gasteiger partial charge on any atom is -0.497 e. The highest BCUT2D eigenvalue weighted by atomic mass is 16.5. The average molecular weight is 385 g/mol. The Balaban J connectivity index is 1.79. The number of ether oxygens (including phenoxy) is 3. The van der Waals surface area contributed by atoms with Gasteiger partial charge < -0.3 is 19.5 Å². The lowest BCUT2D eigenvalue weighted by Crippen LogP contribution is -2.30.